The Morgan fingerprint density at radius 1 is 1.53 bits per heavy atom. The first-order valence-corrected chi connectivity index (χ1v) is 5.93. The maximum atomic E-state index is 12.2. The molecule has 0 spiro atoms. The van der Waals surface area contributed by atoms with E-state index in [2.05, 4.69) is 5.92 Å². The minimum Gasteiger partial charge on any atom is -0.480 e. The number of urea groups is 1. The first-order valence-electron chi connectivity index (χ1n) is 5.93. The van der Waals surface area contributed by atoms with Crippen molar-refractivity contribution in [1.82, 2.24) is 9.80 Å². The lowest BCUT2D eigenvalue weighted by Crippen LogP contribution is -2.55. The molecule has 0 radical (unpaired) electrons. The van der Waals surface area contributed by atoms with Gasteiger partial charge in [0.05, 0.1) is 31.9 Å². The Bertz CT molecular complexity index is 379. The predicted octanol–water partition coefficient (Wildman–Crippen LogP) is -0.792. The van der Waals surface area contributed by atoms with Gasteiger partial charge in [-0.25, -0.2) is 4.79 Å². The van der Waals surface area contributed by atoms with Gasteiger partial charge in [-0.2, -0.15) is 0 Å². The molecule has 1 heterocycles. The third kappa shape index (κ3) is 4.43. The van der Waals surface area contributed by atoms with Gasteiger partial charge in [0.2, 0.25) is 0 Å². The van der Waals surface area contributed by atoms with Crippen LogP contribution < -0.4 is 0 Å². The number of aliphatic carboxylic acids is 1. The number of aliphatic hydroxyl groups is 1. The van der Waals surface area contributed by atoms with Crippen LogP contribution in [0.15, 0.2) is 0 Å². The molecule has 0 aliphatic carbocycles. The summed E-state index contributed by atoms with van der Waals surface area (Å²) in [6.45, 7) is 1.64. The summed E-state index contributed by atoms with van der Waals surface area (Å²) in [5, 5.41) is 17.9. The Balaban J connectivity index is 2.72. The topological polar surface area (TPSA) is 90.3 Å². The molecule has 2 N–H and O–H groups in total. The van der Waals surface area contributed by atoms with Crippen LogP contribution in [0.5, 0.6) is 0 Å². The maximum absolute atomic E-state index is 12.2. The average Bonchev–Trinajstić information content (AvgIpc) is 2.36. The van der Waals surface area contributed by atoms with Gasteiger partial charge in [-0.15, -0.1) is 6.42 Å². The minimum absolute atomic E-state index is 0.0688. The van der Waals surface area contributed by atoms with Crippen molar-refractivity contribution >= 4 is 12.0 Å². The van der Waals surface area contributed by atoms with Gasteiger partial charge in [0, 0.05) is 6.54 Å². The van der Waals surface area contributed by atoms with Crippen LogP contribution in [0, 0.1) is 12.3 Å². The van der Waals surface area contributed by atoms with Crippen LogP contribution in [0.3, 0.4) is 0 Å². The summed E-state index contributed by atoms with van der Waals surface area (Å²) in [6, 6.07) is -0.450. The van der Waals surface area contributed by atoms with Crippen LogP contribution in [0.2, 0.25) is 0 Å². The molecule has 2 amide bonds. The lowest BCUT2D eigenvalue weighted by atomic mass is 10.2. The normalized spacial score (nSPS) is 22.7. The highest BCUT2D eigenvalue weighted by Gasteiger charge is 2.31. The molecular weight excluding hydrogens is 252 g/mol. The second kappa shape index (κ2) is 6.97. The summed E-state index contributed by atoms with van der Waals surface area (Å²) in [4.78, 5) is 25.4. The molecule has 0 aromatic carbocycles. The molecule has 0 aromatic rings. The molecule has 7 nitrogen and oxygen atoms in total. The fourth-order valence-corrected chi connectivity index (χ4v) is 1.97. The van der Waals surface area contributed by atoms with E-state index in [-0.39, 0.29) is 25.8 Å². The molecule has 0 saturated carbocycles. The number of terminal acetylenes is 1. The number of hydrogen-bond donors (Lipinski definition) is 2. The van der Waals surface area contributed by atoms with Crippen molar-refractivity contribution in [2.24, 2.45) is 0 Å². The van der Waals surface area contributed by atoms with Gasteiger partial charge in [-0.3, -0.25) is 4.79 Å². The van der Waals surface area contributed by atoms with Crippen molar-refractivity contribution in [2.45, 2.75) is 19.1 Å². The summed E-state index contributed by atoms with van der Waals surface area (Å²) in [6.07, 6.45) is 4.46. The number of amides is 2. The largest absolute Gasteiger partial charge is 0.480 e. The van der Waals surface area contributed by atoms with E-state index in [4.69, 9.17) is 21.4 Å². The number of carbonyl (C=O) groups excluding carboxylic acids is 1. The summed E-state index contributed by atoms with van der Waals surface area (Å²) in [7, 11) is 0. The van der Waals surface area contributed by atoms with E-state index < -0.39 is 24.6 Å². The standard InChI is InChI=1S/C12H18N2O5/c1-3-4-13(7-11(16)17)12(18)14-5-9(2)19-10(6-14)8-15/h1,9-10,15H,4-8H2,2H3,(H,16,17). The SMILES string of the molecule is C#CCN(CC(=O)O)C(=O)N1CC(C)OC(CO)C1. The van der Waals surface area contributed by atoms with Crippen LogP contribution >= 0.6 is 0 Å². The number of rotatable bonds is 4. The van der Waals surface area contributed by atoms with Gasteiger partial charge in [-0.05, 0) is 6.92 Å². The summed E-state index contributed by atoms with van der Waals surface area (Å²) < 4.78 is 5.42. The van der Waals surface area contributed by atoms with Crippen molar-refractivity contribution in [3.05, 3.63) is 0 Å². The second-order valence-corrected chi connectivity index (χ2v) is 4.39. The highest BCUT2D eigenvalue weighted by Crippen LogP contribution is 2.13. The van der Waals surface area contributed by atoms with Crippen LogP contribution in [-0.2, 0) is 9.53 Å². The molecule has 0 aromatic heterocycles. The van der Waals surface area contributed by atoms with Crippen molar-refractivity contribution in [1.29, 1.82) is 0 Å². The number of carbonyl (C=O) groups is 2. The molecule has 0 bridgehead atoms. The van der Waals surface area contributed by atoms with E-state index in [1.54, 1.807) is 6.92 Å². The van der Waals surface area contributed by atoms with Gasteiger partial charge >= 0.3 is 12.0 Å². The van der Waals surface area contributed by atoms with Gasteiger partial charge in [0.15, 0.2) is 0 Å². The van der Waals surface area contributed by atoms with Crippen molar-refractivity contribution in [3.8, 4) is 12.3 Å². The molecule has 19 heavy (non-hydrogen) atoms. The zero-order valence-electron chi connectivity index (χ0n) is 10.8. The lowest BCUT2D eigenvalue weighted by molar-refractivity contribution is -0.137. The van der Waals surface area contributed by atoms with Crippen molar-refractivity contribution in [2.75, 3.05) is 32.8 Å². The van der Waals surface area contributed by atoms with E-state index in [9.17, 15) is 9.59 Å². The zero-order chi connectivity index (χ0) is 14.4. The Morgan fingerprint density at radius 3 is 2.74 bits per heavy atom. The predicted molar refractivity (Wildman–Crippen MR) is 66.4 cm³/mol. The number of carboxylic acid groups (broad SMARTS) is 1. The van der Waals surface area contributed by atoms with Gasteiger partial charge < -0.3 is 24.7 Å². The quantitative estimate of drug-likeness (QED) is 0.653. The zero-order valence-corrected chi connectivity index (χ0v) is 10.8. The van der Waals surface area contributed by atoms with Crippen LogP contribution in [0.4, 0.5) is 4.79 Å². The van der Waals surface area contributed by atoms with E-state index in [1.807, 2.05) is 0 Å². The van der Waals surface area contributed by atoms with Gasteiger partial charge in [0.1, 0.15) is 6.54 Å². The molecule has 1 rings (SSSR count). The van der Waals surface area contributed by atoms with Gasteiger partial charge in [0.25, 0.3) is 0 Å². The summed E-state index contributed by atoms with van der Waals surface area (Å²) in [5.74, 6) is 1.14. The molecule has 1 aliphatic rings. The fraction of sp³-hybridized carbons (Fsp3) is 0.667. The Hall–Kier alpha value is -1.78. The average molecular weight is 270 g/mol. The maximum Gasteiger partial charge on any atom is 0.323 e. The second-order valence-electron chi connectivity index (χ2n) is 4.39. The number of carboxylic acids is 1. The van der Waals surface area contributed by atoms with Crippen LogP contribution in [-0.4, -0.2) is 77.0 Å². The minimum atomic E-state index is -1.12. The summed E-state index contributed by atoms with van der Waals surface area (Å²) in [5.41, 5.74) is 0. The molecule has 7 heteroatoms. The highest BCUT2D eigenvalue weighted by molar-refractivity contribution is 5.80. The van der Waals surface area contributed by atoms with E-state index in [1.165, 1.54) is 4.90 Å². The van der Waals surface area contributed by atoms with E-state index in [0.29, 0.717) is 6.54 Å². The molecule has 1 aliphatic heterocycles. The van der Waals surface area contributed by atoms with E-state index >= 15 is 0 Å². The number of ether oxygens (including phenoxy) is 1. The Morgan fingerprint density at radius 2 is 2.21 bits per heavy atom. The molecule has 1 saturated heterocycles. The highest BCUT2D eigenvalue weighted by atomic mass is 16.5. The first kappa shape index (κ1) is 15.3. The number of morpholine rings is 1. The number of hydrogen-bond acceptors (Lipinski definition) is 4. The van der Waals surface area contributed by atoms with Crippen LogP contribution in [0.1, 0.15) is 6.92 Å². The number of aliphatic hydroxyl groups excluding tert-OH is 1. The molecule has 1 fully saturated rings. The summed E-state index contributed by atoms with van der Waals surface area (Å²) >= 11 is 0. The Labute approximate surface area is 111 Å². The third-order valence-electron chi connectivity index (χ3n) is 2.68. The van der Waals surface area contributed by atoms with E-state index in [0.717, 1.165) is 4.90 Å². The third-order valence-corrected chi connectivity index (χ3v) is 2.68. The van der Waals surface area contributed by atoms with Crippen molar-refractivity contribution < 1.29 is 24.5 Å². The smallest absolute Gasteiger partial charge is 0.323 e. The van der Waals surface area contributed by atoms with Crippen LogP contribution in [0.25, 0.3) is 0 Å². The first-order chi connectivity index (χ1) is 8.97. The fourth-order valence-electron chi connectivity index (χ4n) is 1.97. The van der Waals surface area contributed by atoms with Gasteiger partial charge in [-0.1, -0.05) is 5.92 Å². The molecule has 106 valence electrons. The molecular formula is C12H18N2O5. The lowest BCUT2D eigenvalue weighted by Gasteiger charge is -2.38. The monoisotopic (exact) mass is 270 g/mol. The molecule has 2 atom stereocenters. The Kier molecular flexibility index (Phi) is 5.60. The number of nitrogens with zero attached hydrogens (tertiary/aromatic N) is 2. The van der Waals surface area contributed by atoms with Crippen molar-refractivity contribution in [3.63, 3.8) is 0 Å². The molecule has 2 unspecified atom stereocenters.